The molecular formula is C13H8ClN3OS. The van der Waals surface area contributed by atoms with E-state index in [-0.39, 0.29) is 5.56 Å². The van der Waals surface area contributed by atoms with Gasteiger partial charge in [-0.3, -0.25) is 9.78 Å². The lowest BCUT2D eigenvalue weighted by Gasteiger charge is -1.97. The molecule has 0 aromatic carbocycles. The predicted molar refractivity (Wildman–Crippen MR) is 78.4 cm³/mol. The standard InChI is InChI=1S/C13H8ClN3OS/c14-11-3-1-8(19-11)2-4-12-16-10-7-15-6-5-9(10)13(18)17-12/h1-7H,(H,16,17,18)/b4-2+. The molecule has 3 rings (SSSR count). The van der Waals surface area contributed by atoms with Gasteiger partial charge in [-0.2, -0.15) is 0 Å². The highest BCUT2D eigenvalue weighted by Crippen LogP contribution is 2.22. The number of aromatic amines is 1. The number of nitrogens with one attached hydrogen (secondary N) is 1. The topological polar surface area (TPSA) is 58.6 Å². The van der Waals surface area contributed by atoms with Gasteiger partial charge in [0.25, 0.3) is 5.56 Å². The Morgan fingerprint density at radius 3 is 2.95 bits per heavy atom. The molecule has 0 aliphatic heterocycles. The molecule has 0 atom stereocenters. The average molecular weight is 290 g/mol. The Kier molecular flexibility index (Phi) is 3.15. The van der Waals surface area contributed by atoms with E-state index in [1.54, 1.807) is 24.5 Å². The molecule has 0 amide bonds. The summed E-state index contributed by atoms with van der Waals surface area (Å²) in [7, 11) is 0. The zero-order valence-electron chi connectivity index (χ0n) is 9.63. The van der Waals surface area contributed by atoms with E-state index in [9.17, 15) is 4.79 Å². The molecule has 0 bridgehead atoms. The van der Waals surface area contributed by atoms with Crippen molar-refractivity contribution in [2.75, 3.05) is 0 Å². The maximum Gasteiger partial charge on any atom is 0.259 e. The van der Waals surface area contributed by atoms with Crippen LogP contribution in [0, 0.1) is 0 Å². The molecule has 0 aliphatic rings. The van der Waals surface area contributed by atoms with Crippen molar-refractivity contribution in [1.82, 2.24) is 15.0 Å². The van der Waals surface area contributed by atoms with E-state index in [4.69, 9.17) is 11.6 Å². The third kappa shape index (κ3) is 2.57. The normalized spacial score (nSPS) is 11.4. The van der Waals surface area contributed by atoms with Crippen LogP contribution in [-0.2, 0) is 0 Å². The van der Waals surface area contributed by atoms with Gasteiger partial charge in [-0.1, -0.05) is 11.6 Å². The van der Waals surface area contributed by atoms with Crippen LogP contribution in [0.1, 0.15) is 10.7 Å². The van der Waals surface area contributed by atoms with Crippen LogP contribution in [0.25, 0.3) is 23.1 Å². The van der Waals surface area contributed by atoms with E-state index >= 15 is 0 Å². The fourth-order valence-electron chi connectivity index (χ4n) is 1.67. The highest BCUT2D eigenvalue weighted by atomic mass is 35.5. The molecule has 0 radical (unpaired) electrons. The van der Waals surface area contributed by atoms with Gasteiger partial charge < -0.3 is 4.98 Å². The highest BCUT2D eigenvalue weighted by Gasteiger charge is 2.01. The van der Waals surface area contributed by atoms with Crippen LogP contribution in [0.3, 0.4) is 0 Å². The lowest BCUT2D eigenvalue weighted by molar-refractivity contribution is 1.13. The zero-order valence-corrected chi connectivity index (χ0v) is 11.2. The third-order valence-electron chi connectivity index (χ3n) is 2.53. The fraction of sp³-hybridized carbons (Fsp3) is 0. The summed E-state index contributed by atoms with van der Waals surface area (Å²) in [6.45, 7) is 0. The molecule has 3 aromatic heterocycles. The van der Waals surface area contributed by atoms with E-state index in [1.807, 2.05) is 18.2 Å². The lowest BCUT2D eigenvalue weighted by atomic mass is 10.3. The van der Waals surface area contributed by atoms with Gasteiger partial charge in [-0.25, -0.2) is 4.98 Å². The lowest BCUT2D eigenvalue weighted by Crippen LogP contribution is -2.09. The smallest absolute Gasteiger partial charge is 0.259 e. The van der Waals surface area contributed by atoms with E-state index in [1.165, 1.54) is 11.3 Å². The van der Waals surface area contributed by atoms with Gasteiger partial charge in [-0.15, -0.1) is 11.3 Å². The van der Waals surface area contributed by atoms with Crippen LogP contribution in [0.2, 0.25) is 4.34 Å². The number of rotatable bonds is 2. The number of fused-ring (bicyclic) bond motifs is 1. The Morgan fingerprint density at radius 2 is 2.16 bits per heavy atom. The predicted octanol–water partition coefficient (Wildman–Crippen LogP) is 3.20. The number of halogens is 1. The molecule has 94 valence electrons. The second-order valence-electron chi connectivity index (χ2n) is 3.82. The summed E-state index contributed by atoms with van der Waals surface area (Å²) in [5.74, 6) is 0.495. The van der Waals surface area contributed by atoms with E-state index < -0.39 is 0 Å². The summed E-state index contributed by atoms with van der Waals surface area (Å²) in [6.07, 6.45) is 6.75. The second kappa shape index (κ2) is 4.95. The first-order valence-corrected chi connectivity index (χ1v) is 6.69. The van der Waals surface area contributed by atoms with Crippen LogP contribution in [0.4, 0.5) is 0 Å². The van der Waals surface area contributed by atoms with Crippen LogP contribution in [0.5, 0.6) is 0 Å². The molecular weight excluding hydrogens is 282 g/mol. The van der Waals surface area contributed by atoms with Crippen LogP contribution in [0.15, 0.2) is 35.4 Å². The fourth-order valence-corrected chi connectivity index (χ4v) is 2.63. The number of pyridine rings is 1. The number of aromatic nitrogens is 3. The largest absolute Gasteiger partial charge is 0.306 e. The van der Waals surface area contributed by atoms with Crippen molar-refractivity contribution in [2.24, 2.45) is 0 Å². The Morgan fingerprint density at radius 1 is 1.26 bits per heavy atom. The van der Waals surface area contributed by atoms with Gasteiger partial charge in [-0.05, 0) is 30.4 Å². The molecule has 0 saturated heterocycles. The van der Waals surface area contributed by atoms with Gasteiger partial charge in [0.15, 0.2) is 0 Å². The van der Waals surface area contributed by atoms with E-state index in [2.05, 4.69) is 15.0 Å². The summed E-state index contributed by atoms with van der Waals surface area (Å²) in [5.41, 5.74) is 0.409. The molecule has 4 nitrogen and oxygen atoms in total. The second-order valence-corrected chi connectivity index (χ2v) is 5.57. The molecule has 3 aromatic rings. The minimum absolute atomic E-state index is 0.170. The first-order chi connectivity index (χ1) is 9.22. The zero-order chi connectivity index (χ0) is 13.2. The van der Waals surface area contributed by atoms with Crippen molar-refractivity contribution in [3.05, 3.63) is 56.0 Å². The summed E-state index contributed by atoms with van der Waals surface area (Å²) >= 11 is 7.31. The Bertz CT molecular complexity index is 822. The number of hydrogen-bond acceptors (Lipinski definition) is 4. The summed E-state index contributed by atoms with van der Waals surface area (Å²) < 4.78 is 0.726. The Balaban J connectivity index is 2.02. The van der Waals surface area contributed by atoms with Crippen LogP contribution >= 0.6 is 22.9 Å². The highest BCUT2D eigenvalue weighted by molar-refractivity contribution is 7.17. The molecule has 1 N–H and O–H groups in total. The van der Waals surface area contributed by atoms with Crippen LogP contribution < -0.4 is 5.56 Å². The quantitative estimate of drug-likeness (QED) is 0.788. The van der Waals surface area contributed by atoms with E-state index in [0.29, 0.717) is 16.7 Å². The number of hydrogen-bond donors (Lipinski definition) is 1. The minimum Gasteiger partial charge on any atom is -0.306 e. The first kappa shape index (κ1) is 12.1. The molecule has 0 aliphatic carbocycles. The van der Waals surface area contributed by atoms with Gasteiger partial charge in [0, 0.05) is 11.1 Å². The van der Waals surface area contributed by atoms with Gasteiger partial charge in [0.2, 0.25) is 0 Å². The van der Waals surface area contributed by atoms with Crippen molar-refractivity contribution >= 4 is 46.0 Å². The third-order valence-corrected chi connectivity index (χ3v) is 3.72. The first-order valence-electron chi connectivity index (χ1n) is 5.50. The number of nitrogens with zero attached hydrogens (tertiary/aromatic N) is 2. The number of thiophene rings is 1. The maximum absolute atomic E-state index is 11.8. The summed E-state index contributed by atoms with van der Waals surface area (Å²) in [5, 5.41) is 0.534. The Hall–Kier alpha value is -1.98. The van der Waals surface area contributed by atoms with Crippen molar-refractivity contribution < 1.29 is 0 Å². The summed E-state index contributed by atoms with van der Waals surface area (Å²) in [6, 6.07) is 5.38. The SMILES string of the molecule is O=c1[nH]c(/C=C/c2ccc(Cl)s2)nc2cnccc12. The van der Waals surface area contributed by atoms with Crippen LogP contribution in [-0.4, -0.2) is 15.0 Å². The summed E-state index contributed by atoms with van der Waals surface area (Å²) in [4.78, 5) is 23.8. The van der Waals surface area contributed by atoms with E-state index in [0.717, 1.165) is 9.21 Å². The van der Waals surface area contributed by atoms with Crippen molar-refractivity contribution in [2.45, 2.75) is 0 Å². The Labute approximate surface area is 117 Å². The monoisotopic (exact) mass is 289 g/mol. The van der Waals surface area contributed by atoms with Crippen molar-refractivity contribution in [3.63, 3.8) is 0 Å². The molecule has 0 saturated carbocycles. The van der Waals surface area contributed by atoms with Gasteiger partial charge in [0.05, 0.1) is 21.4 Å². The maximum atomic E-state index is 11.8. The molecule has 3 heterocycles. The average Bonchev–Trinajstić information content (AvgIpc) is 2.82. The molecule has 6 heteroatoms. The van der Waals surface area contributed by atoms with Gasteiger partial charge >= 0.3 is 0 Å². The van der Waals surface area contributed by atoms with Crippen molar-refractivity contribution in [1.29, 1.82) is 0 Å². The van der Waals surface area contributed by atoms with Crippen molar-refractivity contribution in [3.8, 4) is 0 Å². The van der Waals surface area contributed by atoms with Gasteiger partial charge in [0.1, 0.15) is 5.82 Å². The molecule has 0 spiro atoms. The molecule has 0 unspecified atom stereocenters. The molecule has 19 heavy (non-hydrogen) atoms. The minimum atomic E-state index is -0.170. The molecule has 0 fully saturated rings. The number of H-pyrrole nitrogens is 1.